The maximum Gasteiger partial charge on any atom is 0.257 e. The van der Waals surface area contributed by atoms with Crippen LogP contribution in [0.25, 0.3) is 0 Å². The van der Waals surface area contributed by atoms with Gasteiger partial charge in [-0.25, -0.2) is 0 Å². The average molecular weight is 253 g/mol. The maximum absolute atomic E-state index is 12.1. The van der Waals surface area contributed by atoms with E-state index in [1.807, 2.05) is 13.8 Å². The van der Waals surface area contributed by atoms with Crippen LogP contribution in [0.15, 0.2) is 18.2 Å². The number of carbonyl (C=O) groups is 1. The van der Waals surface area contributed by atoms with Crippen LogP contribution in [0.1, 0.15) is 24.2 Å². The van der Waals surface area contributed by atoms with Crippen LogP contribution in [0.2, 0.25) is 0 Å². The number of carbonyl (C=O) groups excluding carboxylic acids is 1. The van der Waals surface area contributed by atoms with Gasteiger partial charge in [0.2, 0.25) is 0 Å². The summed E-state index contributed by atoms with van der Waals surface area (Å²) >= 11 is 0. The lowest BCUT2D eigenvalue weighted by atomic mass is 10.1. The summed E-state index contributed by atoms with van der Waals surface area (Å²) in [6, 6.07) is 3.91. The molecule has 0 heterocycles. The molecule has 5 nitrogen and oxygen atoms in total. The molecule has 0 bridgehead atoms. The van der Waals surface area contributed by atoms with E-state index in [-0.39, 0.29) is 23.0 Å². The van der Waals surface area contributed by atoms with Crippen molar-refractivity contribution in [2.24, 2.45) is 0 Å². The van der Waals surface area contributed by atoms with E-state index in [2.05, 4.69) is 0 Å². The Morgan fingerprint density at radius 1 is 1.33 bits per heavy atom. The first kappa shape index (κ1) is 14.3. The first-order valence-electron chi connectivity index (χ1n) is 5.99. The smallest absolute Gasteiger partial charge is 0.257 e. The Labute approximate surface area is 107 Å². The summed E-state index contributed by atoms with van der Waals surface area (Å²) in [6.45, 7) is 5.76. The zero-order valence-corrected chi connectivity index (χ0v) is 10.7. The third-order valence-electron chi connectivity index (χ3n) is 2.59. The van der Waals surface area contributed by atoms with Crippen molar-refractivity contribution in [3.05, 3.63) is 23.8 Å². The number of aromatic hydroxyl groups is 2. The van der Waals surface area contributed by atoms with Gasteiger partial charge < -0.3 is 19.8 Å². The molecule has 0 aliphatic heterocycles. The Bertz CT molecular complexity index is 406. The Morgan fingerprint density at radius 3 is 2.67 bits per heavy atom. The number of ether oxygens (including phenoxy) is 1. The largest absolute Gasteiger partial charge is 0.508 e. The van der Waals surface area contributed by atoms with Gasteiger partial charge in [0.15, 0.2) is 0 Å². The summed E-state index contributed by atoms with van der Waals surface area (Å²) in [6.07, 6.45) is 0. The summed E-state index contributed by atoms with van der Waals surface area (Å²) in [4.78, 5) is 13.7. The Kier molecular flexibility index (Phi) is 5.45. The molecule has 0 unspecified atom stereocenters. The molecule has 0 spiro atoms. The highest BCUT2D eigenvalue weighted by Gasteiger charge is 2.18. The molecule has 0 aliphatic carbocycles. The van der Waals surface area contributed by atoms with Gasteiger partial charge in [-0.3, -0.25) is 4.79 Å². The van der Waals surface area contributed by atoms with Crippen LogP contribution in [-0.2, 0) is 4.74 Å². The van der Waals surface area contributed by atoms with Crippen molar-refractivity contribution in [2.45, 2.75) is 13.8 Å². The number of hydrogen-bond acceptors (Lipinski definition) is 4. The Balaban J connectivity index is 2.79. The maximum atomic E-state index is 12.1. The Hall–Kier alpha value is -1.75. The zero-order valence-electron chi connectivity index (χ0n) is 10.7. The molecule has 1 aromatic rings. The first-order chi connectivity index (χ1) is 8.60. The molecule has 0 radical (unpaired) electrons. The second kappa shape index (κ2) is 6.86. The fraction of sp³-hybridized carbons (Fsp3) is 0.462. The number of hydrogen-bond donors (Lipinski definition) is 2. The van der Waals surface area contributed by atoms with Crippen molar-refractivity contribution >= 4 is 5.91 Å². The molecule has 100 valence electrons. The fourth-order valence-corrected chi connectivity index (χ4v) is 1.59. The van der Waals surface area contributed by atoms with Crippen LogP contribution < -0.4 is 0 Å². The van der Waals surface area contributed by atoms with E-state index in [4.69, 9.17) is 4.74 Å². The molecule has 0 fully saturated rings. The molecule has 0 saturated heterocycles. The lowest BCUT2D eigenvalue weighted by Gasteiger charge is -2.21. The van der Waals surface area contributed by atoms with Gasteiger partial charge in [0.05, 0.1) is 12.2 Å². The Morgan fingerprint density at radius 2 is 2.06 bits per heavy atom. The molecule has 0 aromatic heterocycles. The van der Waals surface area contributed by atoms with Gasteiger partial charge in [0, 0.05) is 19.7 Å². The molecule has 0 saturated carbocycles. The highest BCUT2D eigenvalue weighted by atomic mass is 16.5. The van der Waals surface area contributed by atoms with Gasteiger partial charge in [-0.1, -0.05) is 0 Å². The van der Waals surface area contributed by atoms with Gasteiger partial charge in [-0.05, 0) is 32.0 Å². The summed E-state index contributed by atoms with van der Waals surface area (Å²) < 4.78 is 5.20. The number of benzene rings is 1. The van der Waals surface area contributed by atoms with E-state index in [0.717, 1.165) is 0 Å². The van der Waals surface area contributed by atoms with Crippen LogP contribution in [0.3, 0.4) is 0 Å². The normalized spacial score (nSPS) is 10.3. The quantitative estimate of drug-likeness (QED) is 0.596. The molecular formula is C13H19NO4. The van der Waals surface area contributed by atoms with Crippen LogP contribution in [0.4, 0.5) is 0 Å². The SMILES string of the molecule is CCOCCN(CC)C(=O)c1cc(O)ccc1O. The zero-order chi connectivity index (χ0) is 13.5. The first-order valence-corrected chi connectivity index (χ1v) is 5.99. The van der Waals surface area contributed by atoms with Crippen molar-refractivity contribution in [3.8, 4) is 11.5 Å². The number of nitrogens with zero attached hydrogens (tertiary/aromatic N) is 1. The van der Waals surface area contributed by atoms with E-state index in [0.29, 0.717) is 26.3 Å². The minimum absolute atomic E-state index is 0.0444. The van der Waals surface area contributed by atoms with Gasteiger partial charge in [0.1, 0.15) is 11.5 Å². The molecular weight excluding hydrogens is 234 g/mol. The van der Waals surface area contributed by atoms with E-state index in [1.54, 1.807) is 4.90 Å². The van der Waals surface area contributed by atoms with Crippen molar-refractivity contribution in [3.63, 3.8) is 0 Å². The molecule has 18 heavy (non-hydrogen) atoms. The second-order valence-electron chi connectivity index (χ2n) is 3.78. The molecule has 5 heteroatoms. The van der Waals surface area contributed by atoms with Crippen molar-refractivity contribution in [1.82, 2.24) is 4.90 Å². The average Bonchev–Trinajstić information content (AvgIpc) is 2.37. The predicted octanol–water partition coefficient (Wildman–Crippen LogP) is 1.60. The predicted molar refractivity (Wildman–Crippen MR) is 67.8 cm³/mol. The number of amides is 1. The third kappa shape index (κ3) is 3.63. The standard InChI is InChI=1S/C13H19NO4/c1-3-14(7-8-18-4-2)13(17)11-9-10(15)5-6-12(11)16/h5-6,9,15-16H,3-4,7-8H2,1-2H3. The minimum Gasteiger partial charge on any atom is -0.508 e. The summed E-state index contributed by atoms with van der Waals surface area (Å²) in [5.74, 6) is -0.490. The van der Waals surface area contributed by atoms with Gasteiger partial charge in [0.25, 0.3) is 5.91 Å². The monoisotopic (exact) mass is 253 g/mol. The molecule has 1 amide bonds. The van der Waals surface area contributed by atoms with Crippen molar-refractivity contribution < 1.29 is 19.7 Å². The lowest BCUT2D eigenvalue weighted by Crippen LogP contribution is -2.33. The molecule has 0 atom stereocenters. The topological polar surface area (TPSA) is 70.0 Å². The minimum atomic E-state index is -0.314. The third-order valence-corrected chi connectivity index (χ3v) is 2.59. The van der Waals surface area contributed by atoms with E-state index < -0.39 is 0 Å². The van der Waals surface area contributed by atoms with Gasteiger partial charge in [-0.2, -0.15) is 0 Å². The summed E-state index contributed by atoms with van der Waals surface area (Å²) in [5, 5.41) is 19.0. The van der Waals surface area contributed by atoms with Crippen LogP contribution in [0.5, 0.6) is 11.5 Å². The number of phenols is 2. The highest BCUT2D eigenvalue weighted by Crippen LogP contribution is 2.23. The fourth-order valence-electron chi connectivity index (χ4n) is 1.59. The van der Waals surface area contributed by atoms with Crippen LogP contribution in [0, 0.1) is 0 Å². The van der Waals surface area contributed by atoms with Crippen molar-refractivity contribution in [2.75, 3.05) is 26.3 Å². The number of rotatable bonds is 6. The van der Waals surface area contributed by atoms with Crippen LogP contribution >= 0.6 is 0 Å². The number of likely N-dealkylation sites (N-methyl/N-ethyl adjacent to an activating group) is 1. The van der Waals surface area contributed by atoms with E-state index in [1.165, 1.54) is 18.2 Å². The second-order valence-corrected chi connectivity index (χ2v) is 3.78. The number of phenolic OH excluding ortho intramolecular Hbond substituents is 2. The summed E-state index contributed by atoms with van der Waals surface area (Å²) in [5.41, 5.74) is 0.105. The van der Waals surface area contributed by atoms with Crippen LogP contribution in [-0.4, -0.2) is 47.3 Å². The molecule has 1 aromatic carbocycles. The lowest BCUT2D eigenvalue weighted by molar-refractivity contribution is 0.0666. The molecule has 1 rings (SSSR count). The highest BCUT2D eigenvalue weighted by molar-refractivity contribution is 5.97. The van der Waals surface area contributed by atoms with E-state index in [9.17, 15) is 15.0 Å². The van der Waals surface area contributed by atoms with E-state index >= 15 is 0 Å². The van der Waals surface area contributed by atoms with Gasteiger partial charge in [-0.15, -0.1) is 0 Å². The van der Waals surface area contributed by atoms with Crippen molar-refractivity contribution in [1.29, 1.82) is 0 Å². The van der Waals surface area contributed by atoms with Gasteiger partial charge >= 0.3 is 0 Å². The summed E-state index contributed by atoms with van der Waals surface area (Å²) in [7, 11) is 0. The molecule has 0 aliphatic rings. The molecule has 2 N–H and O–H groups in total.